The first kappa shape index (κ1) is 25.4. The Bertz CT molecular complexity index is 811. The maximum Gasteiger partial charge on any atom is 0.191 e. The fourth-order valence-electron chi connectivity index (χ4n) is 3.37. The summed E-state index contributed by atoms with van der Waals surface area (Å²) in [6.45, 7) is 7.15. The quantitative estimate of drug-likeness (QED) is 0.259. The number of rotatable bonds is 9. The van der Waals surface area contributed by atoms with Gasteiger partial charge in [0, 0.05) is 31.5 Å². The number of aliphatic imine (C=N–C) groups is 1. The lowest BCUT2D eigenvalue weighted by molar-refractivity contribution is 0.140. The molecule has 3 N–H and O–H groups in total. The topological polar surface area (TPSA) is 75.1 Å². The zero-order chi connectivity index (χ0) is 21.2. The number of halogens is 1. The summed E-state index contributed by atoms with van der Waals surface area (Å²) in [4.78, 5) is 4.70. The Balaban J connectivity index is 0.00000341. The molecule has 0 aliphatic carbocycles. The molecule has 2 aromatic carbocycles. The van der Waals surface area contributed by atoms with Crippen molar-refractivity contribution in [2.45, 2.75) is 45.4 Å². The van der Waals surface area contributed by atoms with Crippen LogP contribution >= 0.6 is 24.0 Å². The Hall–Kier alpha value is -1.84. The molecule has 0 spiro atoms. The molecule has 7 heteroatoms. The zero-order valence-electron chi connectivity index (χ0n) is 18.3. The monoisotopic (exact) mass is 539 g/mol. The SMILES string of the molecule is CCNC(=NCc1ccc(C)cc1OC1CCOC1)NCC(O)Cc1ccccc1.I. The number of guanidine groups is 1. The molecule has 0 bridgehead atoms. The van der Waals surface area contributed by atoms with Crippen LogP contribution in [0, 0.1) is 6.92 Å². The molecule has 6 nitrogen and oxygen atoms in total. The summed E-state index contributed by atoms with van der Waals surface area (Å²) in [7, 11) is 0. The highest BCUT2D eigenvalue weighted by Crippen LogP contribution is 2.24. The molecule has 2 unspecified atom stereocenters. The van der Waals surface area contributed by atoms with Crippen molar-refractivity contribution in [3.8, 4) is 5.75 Å². The Morgan fingerprint density at radius 2 is 2.03 bits per heavy atom. The average molecular weight is 539 g/mol. The third kappa shape index (κ3) is 8.66. The number of hydrogen-bond donors (Lipinski definition) is 3. The number of nitrogens with zero attached hydrogens (tertiary/aromatic N) is 1. The minimum absolute atomic E-state index is 0. The van der Waals surface area contributed by atoms with Crippen LogP contribution in [0.2, 0.25) is 0 Å². The number of aliphatic hydroxyl groups is 1. The fourth-order valence-corrected chi connectivity index (χ4v) is 3.37. The lowest BCUT2D eigenvalue weighted by atomic mass is 10.1. The first-order valence-electron chi connectivity index (χ1n) is 10.7. The van der Waals surface area contributed by atoms with Gasteiger partial charge in [-0.3, -0.25) is 0 Å². The molecule has 1 fully saturated rings. The summed E-state index contributed by atoms with van der Waals surface area (Å²) >= 11 is 0. The van der Waals surface area contributed by atoms with Gasteiger partial charge in [-0.1, -0.05) is 42.5 Å². The number of aliphatic hydroxyl groups excluding tert-OH is 1. The average Bonchev–Trinajstić information content (AvgIpc) is 3.25. The molecule has 1 heterocycles. The third-order valence-corrected chi connectivity index (χ3v) is 4.98. The van der Waals surface area contributed by atoms with E-state index >= 15 is 0 Å². The molecule has 0 saturated carbocycles. The predicted octanol–water partition coefficient (Wildman–Crippen LogP) is 3.44. The molecule has 170 valence electrons. The molecule has 0 radical (unpaired) electrons. The van der Waals surface area contributed by atoms with E-state index in [4.69, 9.17) is 14.5 Å². The van der Waals surface area contributed by atoms with Crippen LogP contribution in [0.5, 0.6) is 5.75 Å². The van der Waals surface area contributed by atoms with E-state index in [-0.39, 0.29) is 30.1 Å². The molecule has 1 aliphatic heterocycles. The summed E-state index contributed by atoms with van der Waals surface area (Å²) in [5.74, 6) is 1.55. The molecule has 3 rings (SSSR count). The summed E-state index contributed by atoms with van der Waals surface area (Å²) in [6, 6.07) is 16.2. The lowest BCUT2D eigenvalue weighted by Crippen LogP contribution is -2.41. The van der Waals surface area contributed by atoms with Crippen LogP contribution in [-0.4, -0.2) is 49.6 Å². The first-order valence-corrected chi connectivity index (χ1v) is 10.7. The molecule has 0 amide bonds. The van der Waals surface area contributed by atoms with Crippen molar-refractivity contribution in [3.05, 3.63) is 65.2 Å². The highest BCUT2D eigenvalue weighted by Gasteiger charge is 2.18. The van der Waals surface area contributed by atoms with E-state index in [9.17, 15) is 5.11 Å². The van der Waals surface area contributed by atoms with Gasteiger partial charge in [0.05, 0.1) is 25.9 Å². The molecule has 1 aliphatic rings. The lowest BCUT2D eigenvalue weighted by Gasteiger charge is -2.17. The minimum atomic E-state index is -0.489. The fraction of sp³-hybridized carbons (Fsp3) is 0.458. The number of nitrogens with one attached hydrogen (secondary N) is 2. The largest absolute Gasteiger partial charge is 0.488 e. The van der Waals surface area contributed by atoms with E-state index in [1.165, 1.54) is 0 Å². The highest BCUT2D eigenvalue weighted by atomic mass is 127. The second-order valence-corrected chi connectivity index (χ2v) is 7.63. The van der Waals surface area contributed by atoms with Crippen molar-refractivity contribution in [3.63, 3.8) is 0 Å². The predicted molar refractivity (Wildman–Crippen MR) is 135 cm³/mol. The number of aryl methyl sites for hydroxylation is 1. The number of ether oxygens (including phenoxy) is 2. The van der Waals surface area contributed by atoms with Gasteiger partial charge in [-0.2, -0.15) is 0 Å². The molecule has 0 aromatic heterocycles. The van der Waals surface area contributed by atoms with Crippen LogP contribution in [-0.2, 0) is 17.7 Å². The first-order chi connectivity index (χ1) is 14.6. The third-order valence-electron chi connectivity index (χ3n) is 4.98. The van der Waals surface area contributed by atoms with Crippen LogP contribution in [0.3, 0.4) is 0 Å². The van der Waals surface area contributed by atoms with Crippen LogP contribution < -0.4 is 15.4 Å². The normalized spacial score (nSPS) is 17.0. The second kappa shape index (κ2) is 13.5. The molecule has 31 heavy (non-hydrogen) atoms. The molecule has 2 aromatic rings. The van der Waals surface area contributed by atoms with E-state index in [0.717, 1.165) is 42.0 Å². The Kier molecular flexibility index (Phi) is 11.1. The number of benzene rings is 2. The summed E-state index contributed by atoms with van der Waals surface area (Å²) in [5.41, 5.74) is 3.31. The maximum absolute atomic E-state index is 10.4. The standard InChI is InChI=1S/C24H33N3O3.HI/c1-3-25-24(27-16-21(28)14-19-7-5-4-6-8-19)26-15-20-10-9-18(2)13-23(20)30-22-11-12-29-17-22;/h4-10,13,21-22,28H,3,11-12,14-17H2,1-2H3,(H2,25,26,27);1H. The second-order valence-electron chi connectivity index (χ2n) is 7.63. The summed E-state index contributed by atoms with van der Waals surface area (Å²) < 4.78 is 11.6. The van der Waals surface area contributed by atoms with Gasteiger partial charge in [0.15, 0.2) is 5.96 Å². The van der Waals surface area contributed by atoms with Crippen molar-refractivity contribution in [1.29, 1.82) is 0 Å². The Labute approximate surface area is 202 Å². The van der Waals surface area contributed by atoms with E-state index in [0.29, 0.717) is 32.1 Å². The van der Waals surface area contributed by atoms with Crippen molar-refractivity contribution in [2.75, 3.05) is 26.3 Å². The molecular formula is C24H34IN3O3. The van der Waals surface area contributed by atoms with Gasteiger partial charge in [0.2, 0.25) is 0 Å². The van der Waals surface area contributed by atoms with E-state index in [2.05, 4.69) is 35.8 Å². The summed E-state index contributed by atoms with van der Waals surface area (Å²) in [5, 5.41) is 16.8. The molecule has 2 atom stereocenters. The van der Waals surface area contributed by atoms with Gasteiger partial charge in [-0.05, 0) is 31.0 Å². The van der Waals surface area contributed by atoms with E-state index in [1.54, 1.807) is 0 Å². The Morgan fingerprint density at radius 1 is 1.23 bits per heavy atom. The minimum Gasteiger partial charge on any atom is -0.488 e. The van der Waals surface area contributed by atoms with Crippen molar-refractivity contribution in [1.82, 2.24) is 10.6 Å². The zero-order valence-corrected chi connectivity index (χ0v) is 20.7. The van der Waals surface area contributed by atoms with Crippen LogP contribution in [0.4, 0.5) is 0 Å². The van der Waals surface area contributed by atoms with Crippen molar-refractivity contribution >= 4 is 29.9 Å². The number of hydrogen-bond acceptors (Lipinski definition) is 4. The van der Waals surface area contributed by atoms with Gasteiger partial charge in [0.25, 0.3) is 0 Å². The Morgan fingerprint density at radius 3 is 2.74 bits per heavy atom. The van der Waals surface area contributed by atoms with Crippen LogP contribution in [0.25, 0.3) is 0 Å². The van der Waals surface area contributed by atoms with Gasteiger partial charge in [0.1, 0.15) is 11.9 Å². The van der Waals surface area contributed by atoms with E-state index in [1.807, 2.05) is 37.3 Å². The van der Waals surface area contributed by atoms with E-state index < -0.39 is 6.10 Å². The molecular weight excluding hydrogens is 505 g/mol. The van der Waals surface area contributed by atoms with Crippen LogP contribution in [0.15, 0.2) is 53.5 Å². The van der Waals surface area contributed by atoms with Gasteiger partial charge < -0.3 is 25.2 Å². The maximum atomic E-state index is 10.4. The highest BCUT2D eigenvalue weighted by molar-refractivity contribution is 14.0. The summed E-state index contributed by atoms with van der Waals surface area (Å²) in [6.07, 6.45) is 1.14. The van der Waals surface area contributed by atoms with Gasteiger partial charge in [-0.15, -0.1) is 24.0 Å². The van der Waals surface area contributed by atoms with Gasteiger partial charge >= 0.3 is 0 Å². The van der Waals surface area contributed by atoms with Crippen molar-refractivity contribution < 1.29 is 14.6 Å². The van der Waals surface area contributed by atoms with Crippen molar-refractivity contribution in [2.24, 2.45) is 4.99 Å². The van der Waals surface area contributed by atoms with Crippen LogP contribution in [0.1, 0.15) is 30.0 Å². The van der Waals surface area contributed by atoms with Gasteiger partial charge in [-0.25, -0.2) is 4.99 Å². The smallest absolute Gasteiger partial charge is 0.191 e. The molecule has 1 saturated heterocycles.